The zero-order valence-electron chi connectivity index (χ0n) is 10.4. The topological polar surface area (TPSA) is 0 Å². The summed E-state index contributed by atoms with van der Waals surface area (Å²) in [5.74, 6) is 0.680. The summed E-state index contributed by atoms with van der Waals surface area (Å²) in [7, 11) is 0. The summed E-state index contributed by atoms with van der Waals surface area (Å²) in [6.45, 7) is 8.72. The number of hydrogen-bond acceptors (Lipinski definition) is 0. The molecule has 0 aliphatic carbocycles. The Morgan fingerprint density at radius 2 is 1.73 bits per heavy atom. The van der Waals surface area contributed by atoms with Crippen LogP contribution in [0.4, 0.5) is 0 Å². The molecule has 0 heterocycles. The molecule has 0 bridgehead atoms. The Hall–Kier alpha value is -1.04. The largest absolute Gasteiger partial charge is 0.0916 e. The monoisotopic (exact) mass is 202 g/mol. The number of allylic oxidation sites excluding steroid dienone is 2. The molecule has 1 aromatic carbocycles. The predicted molar refractivity (Wildman–Crippen MR) is 68.4 cm³/mol. The van der Waals surface area contributed by atoms with Gasteiger partial charge in [-0.05, 0) is 45.1 Å². The molecule has 0 aromatic heterocycles. The van der Waals surface area contributed by atoms with Gasteiger partial charge in [0.1, 0.15) is 0 Å². The van der Waals surface area contributed by atoms with Crippen LogP contribution in [-0.2, 0) is 0 Å². The second kappa shape index (κ2) is 5.75. The minimum absolute atomic E-state index is 0.680. The summed E-state index contributed by atoms with van der Waals surface area (Å²) in [6, 6.07) is 6.89. The van der Waals surface area contributed by atoms with Crippen molar-refractivity contribution < 1.29 is 0 Å². The molecule has 0 spiro atoms. The molecule has 0 nitrogen and oxygen atoms in total. The van der Waals surface area contributed by atoms with Gasteiger partial charge >= 0.3 is 0 Å². The fourth-order valence-electron chi connectivity index (χ4n) is 2.08. The van der Waals surface area contributed by atoms with Crippen LogP contribution in [0, 0.1) is 13.8 Å². The fourth-order valence-corrected chi connectivity index (χ4v) is 2.08. The molecule has 82 valence electrons. The van der Waals surface area contributed by atoms with Gasteiger partial charge in [-0.1, -0.05) is 48.4 Å². The summed E-state index contributed by atoms with van der Waals surface area (Å²) in [6.07, 6.45) is 6.79. The lowest BCUT2D eigenvalue weighted by Crippen LogP contribution is -1.97. The van der Waals surface area contributed by atoms with E-state index in [1.54, 1.807) is 0 Å². The van der Waals surface area contributed by atoms with Crippen LogP contribution < -0.4 is 0 Å². The van der Waals surface area contributed by atoms with E-state index in [1.165, 1.54) is 23.1 Å². The van der Waals surface area contributed by atoms with E-state index in [1.807, 2.05) is 0 Å². The molecule has 0 saturated carbocycles. The maximum atomic E-state index is 2.32. The molecule has 1 atom stereocenters. The van der Waals surface area contributed by atoms with E-state index in [-0.39, 0.29) is 0 Å². The molecule has 15 heavy (non-hydrogen) atoms. The minimum Gasteiger partial charge on any atom is -0.0916 e. The maximum absolute atomic E-state index is 2.32. The number of rotatable bonds is 4. The van der Waals surface area contributed by atoms with E-state index in [9.17, 15) is 0 Å². The quantitative estimate of drug-likeness (QED) is 0.617. The molecule has 0 amide bonds. The second-order valence-corrected chi connectivity index (χ2v) is 4.33. The zero-order chi connectivity index (χ0) is 11.3. The van der Waals surface area contributed by atoms with Crippen LogP contribution in [0.15, 0.2) is 30.4 Å². The molecular weight excluding hydrogens is 180 g/mol. The first-order chi connectivity index (χ1) is 7.17. The minimum atomic E-state index is 0.680. The van der Waals surface area contributed by atoms with Gasteiger partial charge in [0.2, 0.25) is 0 Å². The Balaban J connectivity index is 2.90. The van der Waals surface area contributed by atoms with Gasteiger partial charge in [-0.2, -0.15) is 0 Å². The van der Waals surface area contributed by atoms with Crippen LogP contribution in [0.2, 0.25) is 0 Å². The highest BCUT2D eigenvalue weighted by atomic mass is 14.1. The average Bonchev–Trinajstić information content (AvgIpc) is 2.17. The third kappa shape index (κ3) is 3.54. The molecule has 1 rings (SSSR count). The smallest absolute Gasteiger partial charge is 0.0130 e. The van der Waals surface area contributed by atoms with Crippen LogP contribution in [0.1, 0.15) is 49.3 Å². The molecule has 1 unspecified atom stereocenters. The van der Waals surface area contributed by atoms with Gasteiger partial charge in [-0.15, -0.1) is 0 Å². The van der Waals surface area contributed by atoms with Gasteiger partial charge < -0.3 is 0 Å². The second-order valence-electron chi connectivity index (χ2n) is 4.33. The Morgan fingerprint density at radius 3 is 2.20 bits per heavy atom. The van der Waals surface area contributed by atoms with Gasteiger partial charge in [-0.25, -0.2) is 0 Å². The van der Waals surface area contributed by atoms with Gasteiger partial charge in [0.05, 0.1) is 0 Å². The Kier molecular flexibility index (Phi) is 4.61. The lowest BCUT2D eigenvalue weighted by atomic mass is 9.91. The highest BCUT2D eigenvalue weighted by molar-refractivity contribution is 5.31. The molecule has 0 fully saturated rings. The van der Waals surface area contributed by atoms with E-state index in [2.05, 4.69) is 58.0 Å². The molecular formula is C15H22. The highest BCUT2D eigenvalue weighted by Crippen LogP contribution is 2.25. The highest BCUT2D eigenvalue weighted by Gasteiger charge is 2.08. The Bertz CT molecular complexity index is 314. The van der Waals surface area contributed by atoms with Crippen LogP contribution >= 0.6 is 0 Å². The van der Waals surface area contributed by atoms with Crippen molar-refractivity contribution in [1.82, 2.24) is 0 Å². The average molecular weight is 202 g/mol. The molecule has 0 N–H and O–H groups in total. The van der Waals surface area contributed by atoms with Gasteiger partial charge in [0.25, 0.3) is 0 Å². The molecule has 1 aromatic rings. The fraction of sp³-hybridized carbons (Fsp3) is 0.467. The van der Waals surface area contributed by atoms with Gasteiger partial charge in [-0.3, -0.25) is 0 Å². The predicted octanol–water partition coefficient (Wildman–Crippen LogP) is 4.76. The van der Waals surface area contributed by atoms with Crippen molar-refractivity contribution in [2.75, 3.05) is 0 Å². The van der Waals surface area contributed by atoms with Crippen molar-refractivity contribution in [3.63, 3.8) is 0 Å². The third-order valence-corrected chi connectivity index (χ3v) is 2.86. The van der Waals surface area contributed by atoms with Crippen molar-refractivity contribution in [3.8, 4) is 0 Å². The van der Waals surface area contributed by atoms with Crippen molar-refractivity contribution in [2.24, 2.45) is 0 Å². The van der Waals surface area contributed by atoms with E-state index < -0.39 is 0 Å². The van der Waals surface area contributed by atoms with E-state index in [0.29, 0.717) is 5.92 Å². The van der Waals surface area contributed by atoms with E-state index in [4.69, 9.17) is 0 Å². The number of aryl methyl sites for hydroxylation is 2. The van der Waals surface area contributed by atoms with Gasteiger partial charge in [0.15, 0.2) is 0 Å². The van der Waals surface area contributed by atoms with Crippen LogP contribution in [0.25, 0.3) is 0 Å². The summed E-state index contributed by atoms with van der Waals surface area (Å²) in [4.78, 5) is 0. The summed E-state index contributed by atoms with van der Waals surface area (Å²) in [5, 5.41) is 0. The first kappa shape index (κ1) is 12.0. The van der Waals surface area contributed by atoms with Crippen LogP contribution in [0.3, 0.4) is 0 Å². The number of hydrogen-bond donors (Lipinski definition) is 0. The molecule has 0 aliphatic rings. The summed E-state index contributed by atoms with van der Waals surface area (Å²) in [5.41, 5.74) is 4.25. The molecule has 0 heteroatoms. The van der Waals surface area contributed by atoms with Gasteiger partial charge in [0, 0.05) is 0 Å². The van der Waals surface area contributed by atoms with E-state index in [0.717, 1.165) is 6.42 Å². The zero-order valence-corrected chi connectivity index (χ0v) is 10.4. The number of benzene rings is 1. The van der Waals surface area contributed by atoms with Crippen molar-refractivity contribution in [2.45, 2.75) is 46.5 Å². The summed E-state index contributed by atoms with van der Waals surface area (Å²) < 4.78 is 0. The standard InChI is InChI=1S/C15H22/c1-5-7-8-14(6-2)15-10-12(3)9-13(4)11-15/h5,7,9-11,14H,6,8H2,1-4H3/b7-5-. The van der Waals surface area contributed by atoms with Crippen molar-refractivity contribution in [1.29, 1.82) is 0 Å². The molecule has 0 saturated heterocycles. The Labute approximate surface area is 94.0 Å². The molecule has 0 aliphatic heterocycles. The lowest BCUT2D eigenvalue weighted by Gasteiger charge is -2.14. The third-order valence-electron chi connectivity index (χ3n) is 2.86. The summed E-state index contributed by atoms with van der Waals surface area (Å²) >= 11 is 0. The normalized spacial score (nSPS) is 13.3. The van der Waals surface area contributed by atoms with Crippen molar-refractivity contribution in [3.05, 3.63) is 47.0 Å². The Morgan fingerprint density at radius 1 is 1.13 bits per heavy atom. The first-order valence-electron chi connectivity index (χ1n) is 5.86. The first-order valence-corrected chi connectivity index (χ1v) is 5.86. The lowest BCUT2D eigenvalue weighted by molar-refractivity contribution is 0.673. The van der Waals surface area contributed by atoms with Crippen LogP contribution in [0.5, 0.6) is 0 Å². The van der Waals surface area contributed by atoms with Crippen LogP contribution in [-0.4, -0.2) is 0 Å². The molecule has 0 radical (unpaired) electrons. The maximum Gasteiger partial charge on any atom is -0.0130 e. The van der Waals surface area contributed by atoms with E-state index >= 15 is 0 Å². The van der Waals surface area contributed by atoms with Crippen molar-refractivity contribution >= 4 is 0 Å². The SMILES string of the molecule is C/C=C\CC(CC)c1cc(C)cc(C)c1.